The van der Waals surface area contributed by atoms with Crippen molar-refractivity contribution in [3.8, 4) is 0 Å². The molecule has 0 saturated carbocycles. The summed E-state index contributed by atoms with van der Waals surface area (Å²) in [6.07, 6.45) is 1.52. The van der Waals surface area contributed by atoms with Gasteiger partial charge < -0.3 is 5.32 Å². The van der Waals surface area contributed by atoms with Crippen molar-refractivity contribution in [2.75, 3.05) is 5.32 Å². The summed E-state index contributed by atoms with van der Waals surface area (Å²) in [4.78, 5) is 22.8. The summed E-state index contributed by atoms with van der Waals surface area (Å²) in [6, 6.07) is 1.60. The van der Waals surface area contributed by atoms with Crippen molar-refractivity contribution in [3.63, 3.8) is 0 Å². The van der Waals surface area contributed by atoms with E-state index in [1.165, 1.54) is 22.5 Å². The van der Waals surface area contributed by atoms with E-state index in [9.17, 15) is 14.9 Å². The van der Waals surface area contributed by atoms with Gasteiger partial charge >= 0.3 is 5.69 Å². The summed E-state index contributed by atoms with van der Waals surface area (Å²) in [5, 5.41) is 21.6. The van der Waals surface area contributed by atoms with Crippen molar-refractivity contribution in [2.24, 2.45) is 7.05 Å². The van der Waals surface area contributed by atoms with Gasteiger partial charge in [0.05, 0.1) is 11.1 Å². The van der Waals surface area contributed by atoms with Gasteiger partial charge in [0.1, 0.15) is 11.5 Å². The molecule has 20 heavy (non-hydrogen) atoms. The number of carbonyl (C=O) groups is 1. The zero-order valence-corrected chi connectivity index (χ0v) is 11.3. The van der Waals surface area contributed by atoms with Crippen molar-refractivity contribution < 1.29 is 9.72 Å². The Labute approximate surface area is 114 Å². The first-order valence-electron chi connectivity index (χ1n) is 5.96. The average molecular weight is 278 g/mol. The van der Waals surface area contributed by atoms with Gasteiger partial charge in [-0.1, -0.05) is 0 Å². The van der Waals surface area contributed by atoms with Gasteiger partial charge in [-0.3, -0.25) is 24.3 Å². The van der Waals surface area contributed by atoms with E-state index in [0.717, 1.165) is 0 Å². The van der Waals surface area contributed by atoms with Crippen LogP contribution in [0.3, 0.4) is 0 Å². The van der Waals surface area contributed by atoms with Crippen LogP contribution >= 0.6 is 0 Å². The molecule has 1 amide bonds. The van der Waals surface area contributed by atoms with Gasteiger partial charge in [0.2, 0.25) is 5.69 Å². The molecular weight excluding hydrogens is 264 g/mol. The van der Waals surface area contributed by atoms with Crippen LogP contribution in [0.4, 0.5) is 11.5 Å². The summed E-state index contributed by atoms with van der Waals surface area (Å²) < 4.78 is 2.78. The van der Waals surface area contributed by atoms with E-state index in [2.05, 4.69) is 15.5 Å². The lowest BCUT2D eigenvalue weighted by atomic mass is 10.3. The average Bonchev–Trinajstić information content (AvgIpc) is 2.93. The van der Waals surface area contributed by atoms with Gasteiger partial charge in [0, 0.05) is 19.7 Å². The molecule has 0 fully saturated rings. The molecule has 0 aliphatic heterocycles. The number of nitro groups is 1. The quantitative estimate of drug-likeness (QED) is 0.665. The van der Waals surface area contributed by atoms with Crippen molar-refractivity contribution in [3.05, 3.63) is 33.8 Å². The molecule has 0 atom stereocenters. The topological polar surface area (TPSA) is 108 Å². The van der Waals surface area contributed by atoms with E-state index >= 15 is 0 Å². The van der Waals surface area contributed by atoms with Gasteiger partial charge in [0.15, 0.2) is 0 Å². The minimum Gasteiger partial charge on any atom is -0.305 e. The highest BCUT2D eigenvalue weighted by molar-refractivity contribution is 6.05. The number of nitrogens with one attached hydrogen (secondary N) is 1. The number of hydrogen-bond donors (Lipinski definition) is 1. The van der Waals surface area contributed by atoms with Crippen LogP contribution in [0.25, 0.3) is 0 Å². The molecule has 0 aliphatic rings. The van der Waals surface area contributed by atoms with Crippen LogP contribution in [0.5, 0.6) is 0 Å². The molecule has 9 heteroatoms. The molecule has 1 N–H and O–H groups in total. The summed E-state index contributed by atoms with van der Waals surface area (Å²) in [6.45, 7) is 3.63. The number of amides is 1. The van der Waals surface area contributed by atoms with Crippen molar-refractivity contribution in [1.29, 1.82) is 0 Å². The molecule has 2 aromatic rings. The van der Waals surface area contributed by atoms with Gasteiger partial charge in [-0.25, -0.2) is 0 Å². The SMILES string of the molecule is CCn1nc(C)c([N+](=O)[O-])c1C(=O)Nc1ccnn1C. The maximum Gasteiger partial charge on any atom is 0.322 e. The van der Waals surface area contributed by atoms with E-state index in [4.69, 9.17) is 0 Å². The Morgan fingerprint density at radius 3 is 2.75 bits per heavy atom. The summed E-state index contributed by atoms with van der Waals surface area (Å²) in [5.74, 6) is -0.131. The number of hydrogen-bond acceptors (Lipinski definition) is 5. The summed E-state index contributed by atoms with van der Waals surface area (Å²) in [5.41, 5.74) is -0.116. The van der Waals surface area contributed by atoms with Gasteiger partial charge in [0.25, 0.3) is 5.91 Å². The Morgan fingerprint density at radius 1 is 1.55 bits per heavy atom. The van der Waals surface area contributed by atoms with Crippen LogP contribution in [0.15, 0.2) is 12.3 Å². The maximum absolute atomic E-state index is 12.3. The predicted octanol–water partition coefficient (Wildman–Crippen LogP) is 1.11. The fraction of sp³-hybridized carbons (Fsp3) is 0.364. The van der Waals surface area contributed by atoms with Crippen LogP contribution in [-0.4, -0.2) is 30.4 Å². The van der Waals surface area contributed by atoms with Crippen LogP contribution in [0.2, 0.25) is 0 Å². The molecule has 2 aromatic heterocycles. The minimum atomic E-state index is -0.591. The Balaban J connectivity index is 2.43. The van der Waals surface area contributed by atoms with Gasteiger partial charge in [-0.05, 0) is 13.8 Å². The number of aryl methyl sites for hydroxylation is 3. The van der Waals surface area contributed by atoms with Crippen molar-refractivity contribution >= 4 is 17.4 Å². The van der Waals surface area contributed by atoms with Crippen molar-refractivity contribution in [2.45, 2.75) is 20.4 Å². The zero-order chi connectivity index (χ0) is 14.9. The molecular formula is C11H14N6O3. The highest BCUT2D eigenvalue weighted by Gasteiger charge is 2.30. The third-order valence-electron chi connectivity index (χ3n) is 2.86. The highest BCUT2D eigenvalue weighted by atomic mass is 16.6. The molecule has 2 heterocycles. The lowest BCUT2D eigenvalue weighted by Gasteiger charge is -2.06. The molecule has 0 spiro atoms. The second-order valence-corrected chi connectivity index (χ2v) is 4.15. The molecule has 0 aromatic carbocycles. The Kier molecular flexibility index (Phi) is 3.51. The predicted molar refractivity (Wildman–Crippen MR) is 70.5 cm³/mol. The molecule has 0 aliphatic carbocycles. The third kappa shape index (κ3) is 2.25. The number of aromatic nitrogens is 4. The lowest BCUT2D eigenvalue weighted by Crippen LogP contribution is -2.20. The molecule has 106 valence electrons. The zero-order valence-electron chi connectivity index (χ0n) is 11.3. The highest BCUT2D eigenvalue weighted by Crippen LogP contribution is 2.24. The molecule has 0 unspecified atom stereocenters. The first-order chi connectivity index (χ1) is 9.45. The first kappa shape index (κ1) is 13.7. The van der Waals surface area contributed by atoms with Gasteiger partial charge in [-0.2, -0.15) is 10.2 Å². The van der Waals surface area contributed by atoms with E-state index in [1.54, 1.807) is 20.0 Å². The summed E-state index contributed by atoms with van der Waals surface area (Å²) in [7, 11) is 1.66. The molecule has 0 saturated heterocycles. The van der Waals surface area contributed by atoms with E-state index in [1.807, 2.05) is 0 Å². The first-order valence-corrected chi connectivity index (χ1v) is 5.96. The fourth-order valence-corrected chi connectivity index (χ4v) is 1.92. The molecule has 2 rings (SSSR count). The third-order valence-corrected chi connectivity index (χ3v) is 2.86. The van der Waals surface area contributed by atoms with Gasteiger partial charge in [-0.15, -0.1) is 0 Å². The molecule has 0 bridgehead atoms. The number of rotatable bonds is 4. The summed E-state index contributed by atoms with van der Waals surface area (Å²) >= 11 is 0. The normalized spacial score (nSPS) is 10.6. The Hall–Kier alpha value is -2.71. The number of carbonyl (C=O) groups excluding carboxylic acids is 1. The number of nitrogens with zero attached hydrogens (tertiary/aromatic N) is 5. The number of anilines is 1. The standard InChI is InChI=1S/C11H14N6O3/c1-4-16-10(9(17(19)20)7(2)14-16)11(18)13-8-5-6-12-15(8)3/h5-6H,4H2,1-3H3,(H,13,18). The smallest absolute Gasteiger partial charge is 0.305 e. The molecule has 9 nitrogen and oxygen atoms in total. The van der Waals surface area contributed by atoms with Crippen LogP contribution in [-0.2, 0) is 13.6 Å². The van der Waals surface area contributed by atoms with Crippen molar-refractivity contribution in [1.82, 2.24) is 19.6 Å². The van der Waals surface area contributed by atoms with E-state index in [-0.39, 0.29) is 17.1 Å². The van der Waals surface area contributed by atoms with Crippen LogP contribution < -0.4 is 5.32 Å². The molecule has 0 radical (unpaired) electrons. The van der Waals surface area contributed by atoms with Crippen LogP contribution in [0, 0.1) is 17.0 Å². The Morgan fingerprint density at radius 2 is 2.25 bits per heavy atom. The second kappa shape index (κ2) is 5.11. The van der Waals surface area contributed by atoms with E-state index in [0.29, 0.717) is 12.4 Å². The monoisotopic (exact) mass is 278 g/mol. The Bertz CT molecular complexity index is 672. The van der Waals surface area contributed by atoms with E-state index < -0.39 is 10.8 Å². The van der Waals surface area contributed by atoms with Crippen LogP contribution in [0.1, 0.15) is 23.1 Å². The lowest BCUT2D eigenvalue weighted by molar-refractivity contribution is -0.385. The maximum atomic E-state index is 12.3. The largest absolute Gasteiger partial charge is 0.322 e. The minimum absolute atomic E-state index is 0.0591. The fourth-order valence-electron chi connectivity index (χ4n) is 1.92. The second-order valence-electron chi connectivity index (χ2n) is 4.15.